The molecule has 0 heterocycles. The molecule has 0 radical (unpaired) electrons. The lowest BCUT2D eigenvalue weighted by atomic mass is 9.98. The summed E-state index contributed by atoms with van der Waals surface area (Å²) in [5, 5.41) is 6.35. The van der Waals surface area contributed by atoms with Gasteiger partial charge in [-0.1, -0.05) is 56.7 Å². The zero-order valence-corrected chi connectivity index (χ0v) is 12.5. The first-order valence-electron chi connectivity index (χ1n) is 7.36. The molecule has 0 amide bonds. The molecule has 2 aromatic carbocycles. The summed E-state index contributed by atoms with van der Waals surface area (Å²) in [6.45, 7) is 9.10. The molecule has 0 saturated heterocycles. The van der Waals surface area contributed by atoms with Crippen molar-refractivity contribution >= 4 is 10.8 Å². The minimum Gasteiger partial charge on any atom is -0.307 e. The summed E-state index contributed by atoms with van der Waals surface area (Å²) >= 11 is 0. The van der Waals surface area contributed by atoms with Gasteiger partial charge in [0.1, 0.15) is 0 Å². The monoisotopic (exact) mass is 255 g/mol. The molecule has 2 aromatic rings. The number of hydrogen-bond acceptors (Lipinski definition) is 1. The van der Waals surface area contributed by atoms with Crippen LogP contribution in [0.15, 0.2) is 42.5 Å². The summed E-state index contributed by atoms with van der Waals surface area (Å²) < 4.78 is 0. The van der Waals surface area contributed by atoms with Crippen molar-refractivity contribution < 1.29 is 0 Å². The van der Waals surface area contributed by atoms with E-state index in [0.29, 0.717) is 18.0 Å². The lowest BCUT2D eigenvalue weighted by molar-refractivity contribution is 0.360. The number of benzene rings is 2. The van der Waals surface area contributed by atoms with Crippen molar-refractivity contribution in [1.29, 1.82) is 0 Å². The van der Waals surface area contributed by atoms with E-state index in [1.165, 1.54) is 22.8 Å². The zero-order chi connectivity index (χ0) is 13.8. The maximum absolute atomic E-state index is 3.71. The maximum Gasteiger partial charge on any atom is 0.0294 e. The lowest BCUT2D eigenvalue weighted by Crippen LogP contribution is -2.33. The highest BCUT2D eigenvalue weighted by molar-refractivity contribution is 5.83. The van der Waals surface area contributed by atoms with E-state index in [4.69, 9.17) is 0 Å². The Kier molecular flexibility index (Phi) is 4.60. The lowest BCUT2D eigenvalue weighted by Gasteiger charge is -2.25. The molecule has 2 rings (SSSR count). The molecule has 0 aromatic heterocycles. The van der Waals surface area contributed by atoms with E-state index in [1.807, 2.05) is 0 Å². The second-order valence-corrected chi connectivity index (χ2v) is 5.67. The Hall–Kier alpha value is -1.34. The molecule has 1 N–H and O–H groups in total. The minimum atomic E-state index is 0.397. The highest BCUT2D eigenvalue weighted by Gasteiger charge is 2.14. The van der Waals surface area contributed by atoms with E-state index < -0.39 is 0 Å². The highest BCUT2D eigenvalue weighted by atomic mass is 14.9. The Labute approximate surface area is 117 Å². The Bertz CT molecular complexity index is 532. The summed E-state index contributed by atoms with van der Waals surface area (Å²) in [5.41, 5.74) is 1.37. The number of rotatable bonds is 5. The van der Waals surface area contributed by atoms with Crippen molar-refractivity contribution in [1.82, 2.24) is 5.32 Å². The molecule has 3 atom stereocenters. The van der Waals surface area contributed by atoms with Gasteiger partial charge in [-0.3, -0.25) is 0 Å². The van der Waals surface area contributed by atoms with Gasteiger partial charge in [0.25, 0.3) is 0 Å². The van der Waals surface area contributed by atoms with E-state index in [0.717, 1.165) is 0 Å². The summed E-state index contributed by atoms with van der Waals surface area (Å²) in [5.74, 6) is 0.711. The van der Waals surface area contributed by atoms with Gasteiger partial charge in [-0.15, -0.1) is 0 Å². The van der Waals surface area contributed by atoms with Crippen LogP contribution in [0.4, 0.5) is 0 Å². The molecule has 0 saturated carbocycles. The van der Waals surface area contributed by atoms with E-state index in [9.17, 15) is 0 Å². The van der Waals surface area contributed by atoms with Gasteiger partial charge >= 0.3 is 0 Å². The van der Waals surface area contributed by atoms with Crippen LogP contribution in [0.25, 0.3) is 10.8 Å². The summed E-state index contributed by atoms with van der Waals surface area (Å²) in [4.78, 5) is 0. The average molecular weight is 255 g/mol. The fraction of sp³-hybridized carbons (Fsp3) is 0.444. The van der Waals surface area contributed by atoms with Crippen LogP contribution in [0, 0.1) is 5.92 Å². The SMILES string of the molecule is CCC(C)C(C)NC(C)c1ccc2ccccc2c1. The molecule has 0 aliphatic carbocycles. The fourth-order valence-electron chi connectivity index (χ4n) is 2.49. The number of nitrogens with one attached hydrogen (secondary N) is 1. The molecule has 0 spiro atoms. The van der Waals surface area contributed by atoms with E-state index in [2.05, 4.69) is 75.5 Å². The van der Waals surface area contributed by atoms with Crippen LogP contribution in [0.2, 0.25) is 0 Å². The average Bonchev–Trinajstić information content (AvgIpc) is 2.45. The van der Waals surface area contributed by atoms with Crippen molar-refractivity contribution in [3.63, 3.8) is 0 Å². The van der Waals surface area contributed by atoms with Gasteiger partial charge in [0.2, 0.25) is 0 Å². The van der Waals surface area contributed by atoms with Crippen LogP contribution < -0.4 is 5.32 Å². The number of fused-ring (bicyclic) bond motifs is 1. The molecule has 0 fully saturated rings. The van der Waals surface area contributed by atoms with Crippen LogP contribution in [-0.4, -0.2) is 6.04 Å². The van der Waals surface area contributed by atoms with E-state index >= 15 is 0 Å². The molecule has 1 heteroatoms. The first-order chi connectivity index (χ1) is 9.11. The molecular formula is C18H25N. The van der Waals surface area contributed by atoms with Gasteiger partial charge in [0, 0.05) is 12.1 Å². The van der Waals surface area contributed by atoms with E-state index in [-0.39, 0.29) is 0 Å². The third-order valence-electron chi connectivity index (χ3n) is 4.28. The molecule has 0 aliphatic rings. The molecule has 19 heavy (non-hydrogen) atoms. The van der Waals surface area contributed by atoms with Crippen molar-refractivity contribution in [3.05, 3.63) is 48.0 Å². The first kappa shape index (κ1) is 14.1. The highest BCUT2D eigenvalue weighted by Crippen LogP contribution is 2.21. The van der Waals surface area contributed by atoms with Gasteiger partial charge in [0.15, 0.2) is 0 Å². The minimum absolute atomic E-state index is 0.397. The standard InChI is InChI=1S/C18H25N/c1-5-13(2)14(3)19-15(4)17-11-10-16-8-6-7-9-18(16)12-17/h6-15,19H,5H2,1-4H3. The summed E-state index contributed by atoms with van der Waals surface area (Å²) in [7, 11) is 0. The van der Waals surface area contributed by atoms with Crippen LogP contribution in [0.1, 0.15) is 45.7 Å². The zero-order valence-electron chi connectivity index (χ0n) is 12.5. The quantitative estimate of drug-likeness (QED) is 0.799. The van der Waals surface area contributed by atoms with Crippen molar-refractivity contribution in [3.8, 4) is 0 Å². The second kappa shape index (κ2) is 6.21. The smallest absolute Gasteiger partial charge is 0.0294 e. The first-order valence-corrected chi connectivity index (χ1v) is 7.36. The van der Waals surface area contributed by atoms with Gasteiger partial charge in [0.05, 0.1) is 0 Å². The third-order valence-corrected chi connectivity index (χ3v) is 4.28. The van der Waals surface area contributed by atoms with Crippen molar-refractivity contribution in [2.45, 2.75) is 46.2 Å². The van der Waals surface area contributed by atoms with Gasteiger partial charge in [-0.05, 0) is 42.2 Å². The molecule has 0 aliphatic heterocycles. The molecular weight excluding hydrogens is 230 g/mol. The molecule has 0 bridgehead atoms. The number of hydrogen-bond donors (Lipinski definition) is 1. The van der Waals surface area contributed by atoms with Gasteiger partial charge in [-0.2, -0.15) is 0 Å². The molecule has 102 valence electrons. The maximum atomic E-state index is 3.71. The van der Waals surface area contributed by atoms with Crippen molar-refractivity contribution in [2.24, 2.45) is 5.92 Å². The molecule has 3 unspecified atom stereocenters. The van der Waals surface area contributed by atoms with Gasteiger partial charge in [-0.25, -0.2) is 0 Å². The third kappa shape index (κ3) is 3.36. The molecule has 1 nitrogen and oxygen atoms in total. The second-order valence-electron chi connectivity index (χ2n) is 5.67. The van der Waals surface area contributed by atoms with Gasteiger partial charge < -0.3 is 5.32 Å². The van der Waals surface area contributed by atoms with Crippen LogP contribution in [0.5, 0.6) is 0 Å². The predicted octanol–water partition coefficient (Wildman–Crippen LogP) is 4.93. The van der Waals surface area contributed by atoms with Crippen LogP contribution in [0.3, 0.4) is 0 Å². The summed E-state index contributed by atoms with van der Waals surface area (Å²) in [6.07, 6.45) is 1.22. The summed E-state index contributed by atoms with van der Waals surface area (Å²) in [6, 6.07) is 16.2. The normalized spacial score (nSPS) is 16.2. The Morgan fingerprint density at radius 1 is 0.947 bits per heavy atom. The fourth-order valence-corrected chi connectivity index (χ4v) is 2.49. The predicted molar refractivity (Wildman–Crippen MR) is 84.4 cm³/mol. The Morgan fingerprint density at radius 2 is 1.63 bits per heavy atom. The largest absolute Gasteiger partial charge is 0.307 e. The van der Waals surface area contributed by atoms with Crippen LogP contribution in [-0.2, 0) is 0 Å². The Balaban J connectivity index is 2.15. The topological polar surface area (TPSA) is 12.0 Å². The van der Waals surface area contributed by atoms with Crippen LogP contribution >= 0.6 is 0 Å². The van der Waals surface area contributed by atoms with Crippen molar-refractivity contribution in [2.75, 3.05) is 0 Å². The Morgan fingerprint density at radius 3 is 2.32 bits per heavy atom. The van der Waals surface area contributed by atoms with E-state index in [1.54, 1.807) is 0 Å².